The number of amides is 2. The first-order valence-corrected chi connectivity index (χ1v) is 14.2. The number of carbonyl (C=O) groups is 1. The van der Waals surface area contributed by atoms with Crippen LogP contribution < -0.4 is 20.7 Å². The molecule has 0 saturated heterocycles. The number of nitrogens with one attached hydrogen (secondary N) is 3. The summed E-state index contributed by atoms with van der Waals surface area (Å²) in [5.41, 5.74) is 3.33. The van der Waals surface area contributed by atoms with Gasteiger partial charge in [-0.25, -0.2) is 14.8 Å². The molecule has 1 aliphatic rings. The molecule has 4 heterocycles. The van der Waals surface area contributed by atoms with Gasteiger partial charge in [-0.1, -0.05) is 63.2 Å². The molecular weight excluding hydrogens is 526 g/mol. The average molecular weight is 560 g/mol. The minimum atomic E-state index is -0.394. The molecule has 40 heavy (non-hydrogen) atoms. The van der Waals surface area contributed by atoms with Crippen LogP contribution >= 0.6 is 11.3 Å². The highest BCUT2D eigenvalue weighted by Gasteiger charge is 2.43. The Morgan fingerprint density at radius 2 is 1.90 bits per heavy atom. The minimum Gasteiger partial charge on any atom is -0.476 e. The van der Waals surface area contributed by atoms with Crippen molar-refractivity contribution in [3.63, 3.8) is 0 Å². The van der Waals surface area contributed by atoms with Crippen LogP contribution in [0.5, 0.6) is 5.88 Å². The number of hydrogen-bond donors (Lipinski definition) is 3. The molecule has 0 atom stereocenters. The number of pyridine rings is 1. The third kappa shape index (κ3) is 5.52. The molecule has 1 fully saturated rings. The van der Waals surface area contributed by atoms with Gasteiger partial charge in [0.2, 0.25) is 5.88 Å². The van der Waals surface area contributed by atoms with Crippen molar-refractivity contribution in [1.29, 1.82) is 0 Å². The van der Waals surface area contributed by atoms with Crippen molar-refractivity contribution in [2.24, 2.45) is 0 Å². The summed E-state index contributed by atoms with van der Waals surface area (Å²) >= 11 is 1.53. The zero-order chi connectivity index (χ0) is 28.1. The summed E-state index contributed by atoms with van der Waals surface area (Å²) in [5.74, 6) is 1.71. The monoisotopic (exact) mass is 559 g/mol. The lowest BCUT2D eigenvalue weighted by molar-refractivity contribution is 0.236. The second-order valence-corrected chi connectivity index (χ2v) is 12.7. The van der Waals surface area contributed by atoms with Gasteiger partial charge in [0.15, 0.2) is 10.8 Å². The zero-order valence-electron chi connectivity index (χ0n) is 23.2. The fourth-order valence-corrected chi connectivity index (χ4v) is 5.56. The molecule has 5 aromatic rings. The molecule has 10 nitrogen and oxygen atoms in total. The molecule has 4 aromatic heterocycles. The Morgan fingerprint density at radius 3 is 2.58 bits per heavy atom. The number of urea groups is 1. The molecule has 11 heteroatoms. The lowest BCUT2D eigenvalue weighted by Crippen LogP contribution is -2.41. The third-order valence-corrected chi connectivity index (χ3v) is 7.77. The first-order valence-electron chi connectivity index (χ1n) is 13.4. The summed E-state index contributed by atoms with van der Waals surface area (Å²) in [4.78, 5) is 23.7. The Labute approximate surface area is 236 Å². The number of nitrogens with zero attached hydrogens (tertiary/aromatic N) is 4. The molecular formula is C29H33N7O3S. The third-order valence-electron chi connectivity index (χ3n) is 6.81. The van der Waals surface area contributed by atoms with Gasteiger partial charge in [0, 0.05) is 41.0 Å². The number of aromatic nitrogens is 4. The minimum absolute atomic E-state index is 0.0891. The number of rotatable bonds is 8. The van der Waals surface area contributed by atoms with E-state index < -0.39 is 6.03 Å². The maximum Gasteiger partial charge on any atom is 0.324 e. The quantitative estimate of drug-likeness (QED) is 0.200. The van der Waals surface area contributed by atoms with E-state index in [1.165, 1.54) is 11.3 Å². The summed E-state index contributed by atoms with van der Waals surface area (Å²) in [7, 11) is 0. The van der Waals surface area contributed by atoms with E-state index in [1.807, 2.05) is 63.4 Å². The maximum atomic E-state index is 12.4. The Kier molecular flexibility index (Phi) is 6.50. The van der Waals surface area contributed by atoms with Crippen LogP contribution in [0.15, 0.2) is 53.2 Å². The Morgan fingerprint density at radius 1 is 1.12 bits per heavy atom. The molecule has 208 valence electrons. The lowest BCUT2D eigenvalue weighted by atomic mass is 9.93. The summed E-state index contributed by atoms with van der Waals surface area (Å²) in [6.07, 6.45) is 4.28. The molecule has 0 aliphatic heterocycles. The molecule has 0 radical (unpaired) electrons. The second-order valence-electron chi connectivity index (χ2n) is 11.7. The van der Waals surface area contributed by atoms with E-state index in [4.69, 9.17) is 19.2 Å². The van der Waals surface area contributed by atoms with Gasteiger partial charge in [0.05, 0.1) is 16.7 Å². The van der Waals surface area contributed by atoms with Crippen LogP contribution in [-0.4, -0.2) is 43.7 Å². The van der Waals surface area contributed by atoms with Crippen LogP contribution in [0.2, 0.25) is 0 Å². The molecule has 0 bridgehead atoms. The van der Waals surface area contributed by atoms with Crippen LogP contribution in [0.25, 0.3) is 26.6 Å². The average Bonchev–Trinajstić information content (AvgIpc) is 3.20. The number of fused-ring (bicyclic) bond motifs is 3. The number of imidazole rings is 1. The first-order chi connectivity index (χ1) is 19.1. The van der Waals surface area contributed by atoms with Crippen molar-refractivity contribution in [2.75, 3.05) is 17.2 Å². The molecule has 1 aromatic carbocycles. The molecule has 2 amide bonds. The van der Waals surface area contributed by atoms with Gasteiger partial charge in [0.1, 0.15) is 17.2 Å². The number of carbonyl (C=O) groups excluding carboxylic acids is 1. The number of ether oxygens (including phenoxy) is 1. The van der Waals surface area contributed by atoms with Crippen molar-refractivity contribution < 1.29 is 14.1 Å². The van der Waals surface area contributed by atoms with Crippen molar-refractivity contribution in [3.8, 4) is 17.1 Å². The maximum absolute atomic E-state index is 12.4. The predicted molar refractivity (Wildman–Crippen MR) is 157 cm³/mol. The SMILES string of the molecule is CC(C)NC1(COc2ccc3c(n2)sc2nc(-c4ccc(NC(=O)Nc5cc(C(C)(C)C)on5)cc4)cn23)CC1. The van der Waals surface area contributed by atoms with Crippen LogP contribution in [0.1, 0.15) is 53.2 Å². The number of benzene rings is 1. The highest BCUT2D eigenvalue weighted by Crippen LogP contribution is 2.37. The van der Waals surface area contributed by atoms with Gasteiger partial charge < -0.3 is 19.9 Å². The number of hydrogen-bond acceptors (Lipinski definition) is 8. The number of thiazole rings is 1. The van der Waals surface area contributed by atoms with E-state index in [1.54, 1.807) is 6.07 Å². The van der Waals surface area contributed by atoms with Crippen LogP contribution in [0, 0.1) is 0 Å². The fraction of sp³-hybridized carbons (Fsp3) is 0.379. The van der Waals surface area contributed by atoms with E-state index in [2.05, 4.69) is 39.4 Å². The normalized spacial score (nSPS) is 14.7. The van der Waals surface area contributed by atoms with Gasteiger partial charge in [-0.2, -0.15) is 0 Å². The van der Waals surface area contributed by atoms with Gasteiger partial charge in [-0.15, -0.1) is 0 Å². The van der Waals surface area contributed by atoms with E-state index in [-0.39, 0.29) is 11.0 Å². The summed E-state index contributed by atoms with van der Waals surface area (Å²) in [6.45, 7) is 11.0. The Hall–Kier alpha value is -3.96. The second kappa shape index (κ2) is 9.90. The fourth-order valence-electron chi connectivity index (χ4n) is 4.58. The van der Waals surface area contributed by atoms with Crippen molar-refractivity contribution in [2.45, 2.75) is 64.5 Å². The number of anilines is 2. The predicted octanol–water partition coefficient (Wildman–Crippen LogP) is 6.45. The molecule has 1 aliphatic carbocycles. The molecule has 1 saturated carbocycles. The van der Waals surface area contributed by atoms with Gasteiger partial charge in [-0.3, -0.25) is 9.72 Å². The Balaban J connectivity index is 1.10. The Bertz CT molecular complexity index is 1670. The van der Waals surface area contributed by atoms with Crippen LogP contribution in [-0.2, 0) is 5.41 Å². The zero-order valence-corrected chi connectivity index (χ0v) is 24.1. The first kappa shape index (κ1) is 26.3. The van der Waals surface area contributed by atoms with Crippen molar-refractivity contribution >= 4 is 44.2 Å². The highest BCUT2D eigenvalue weighted by molar-refractivity contribution is 7.23. The van der Waals surface area contributed by atoms with Gasteiger partial charge in [-0.05, 0) is 31.0 Å². The largest absolute Gasteiger partial charge is 0.476 e. The van der Waals surface area contributed by atoms with Crippen molar-refractivity contribution in [3.05, 3.63) is 54.4 Å². The smallest absolute Gasteiger partial charge is 0.324 e. The van der Waals surface area contributed by atoms with E-state index >= 15 is 0 Å². The topological polar surface area (TPSA) is 119 Å². The standard InChI is InChI=1S/C29H33N7O3S/c1-17(2)34-29(12-13-29)16-38-24-11-10-21-25(33-24)40-27-31-20(15-36(21)27)18-6-8-19(9-7-18)30-26(37)32-23-14-22(39-35-23)28(3,4)5/h6-11,14-15,17,34H,12-13,16H2,1-5H3,(H2,30,32,35,37). The van der Waals surface area contributed by atoms with Gasteiger partial charge in [0.25, 0.3) is 0 Å². The molecule has 3 N–H and O–H groups in total. The van der Waals surface area contributed by atoms with Crippen LogP contribution in [0.3, 0.4) is 0 Å². The molecule has 0 spiro atoms. The summed E-state index contributed by atoms with van der Waals surface area (Å²) in [6, 6.07) is 13.3. The van der Waals surface area contributed by atoms with E-state index in [9.17, 15) is 4.79 Å². The van der Waals surface area contributed by atoms with Crippen molar-refractivity contribution in [1.82, 2.24) is 24.8 Å². The van der Waals surface area contributed by atoms with E-state index in [0.717, 1.165) is 39.4 Å². The summed E-state index contributed by atoms with van der Waals surface area (Å²) < 4.78 is 13.4. The lowest BCUT2D eigenvalue weighted by Gasteiger charge is -2.20. The molecule has 6 rings (SSSR count). The molecule has 0 unspecified atom stereocenters. The highest BCUT2D eigenvalue weighted by atomic mass is 32.1. The summed E-state index contributed by atoms with van der Waals surface area (Å²) in [5, 5.41) is 13.1. The van der Waals surface area contributed by atoms with Gasteiger partial charge >= 0.3 is 6.03 Å². The van der Waals surface area contributed by atoms with E-state index in [0.29, 0.717) is 35.8 Å². The van der Waals surface area contributed by atoms with Crippen LogP contribution in [0.4, 0.5) is 16.3 Å².